The number of halogens is 1. The van der Waals surface area contributed by atoms with Crippen molar-refractivity contribution in [1.29, 1.82) is 0 Å². The number of fused-ring (bicyclic) bond motifs is 1. The summed E-state index contributed by atoms with van der Waals surface area (Å²) in [6.07, 6.45) is 1.48. The van der Waals surface area contributed by atoms with Gasteiger partial charge in [-0.3, -0.25) is 4.99 Å². The Hall–Kier alpha value is -2.18. The molecule has 0 fully saturated rings. The molecular weight excluding hydrogens is 322 g/mol. The average Bonchev–Trinajstić information content (AvgIpc) is 2.86. The number of aromatic nitrogens is 2. The molecule has 0 aliphatic heterocycles. The van der Waals surface area contributed by atoms with Gasteiger partial charge in [0.2, 0.25) is 0 Å². The molecule has 0 aliphatic carbocycles. The smallest absolute Gasteiger partial charge is 0.268 e. The zero-order valence-electron chi connectivity index (χ0n) is 11.6. The molecule has 0 atom stereocenters. The molecule has 7 heteroatoms. The second-order valence-electron chi connectivity index (χ2n) is 4.58. The van der Waals surface area contributed by atoms with Crippen LogP contribution in [0.5, 0.6) is 0 Å². The summed E-state index contributed by atoms with van der Waals surface area (Å²) in [4.78, 5) is 8.29. The lowest BCUT2D eigenvalue weighted by Gasteiger charge is -2.09. The maximum atomic E-state index is 12.9. The van der Waals surface area contributed by atoms with Crippen molar-refractivity contribution in [3.8, 4) is 0 Å². The molecule has 0 aliphatic rings. The highest BCUT2D eigenvalue weighted by Gasteiger charge is 2.22. The Kier molecular flexibility index (Phi) is 3.72. The number of nitrogens with zero attached hydrogens (tertiary/aromatic N) is 3. The van der Waals surface area contributed by atoms with E-state index in [1.54, 1.807) is 55.6 Å². The minimum atomic E-state index is -3.75. The van der Waals surface area contributed by atoms with E-state index < -0.39 is 10.0 Å². The summed E-state index contributed by atoms with van der Waals surface area (Å²) < 4.78 is 27.1. The Balaban J connectivity index is 2.36. The van der Waals surface area contributed by atoms with Crippen molar-refractivity contribution in [2.45, 2.75) is 4.90 Å². The van der Waals surface area contributed by atoms with E-state index in [9.17, 15) is 8.42 Å². The molecule has 1 aromatic carbocycles. The maximum absolute atomic E-state index is 12.9. The highest BCUT2D eigenvalue weighted by Crippen LogP contribution is 2.25. The zero-order chi connectivity index (χ0) is 15.7. The number of rotatable bonds is 3. The van der Waals surface area contributed by atoms with Gasteiger partial charge in [0, 0.05) is 13.3 Å². The number of hydrogen-bond acceptors (Lipinski definition) is 4. The van der Waals surface area contributed by atoms with Gasteiger partial charge in [0.1, 0.15) is 5.15 Å². The highest BCUT2D eigenvalue weighted by atomic mass is 35.5. The van der Waals surface area contributed by atoms with E-state index in [1.807, 2.05) is 0 Å². The predicted molar refractivity (Wildman–Crippen MR) is 87.3 cm³/mol. The van der Waals surface area contributed by atoms with Gasteiger partial charge in [-0.25, -0.2) is 17.4 Å². The molecule has 2 aromatic heterocycles. The van der Waals surface area contributed by atoms with E-state index in [1.165, 1.54) is 10.2 Å². The van der Waals surface area contributed by atoms with E-state index in [4.69, 9.17) is 11.6 Å². The van der Waals surface area contributed by atoms with Crippen molar-refractivity contribution < 1.29 is 8.42 Å². The molecule has 0 saturated carbocycles. The van der Waals surface area contributed by atoms with Crippen LogP contribution in [-0.2, 0) is 10.0 Å². The minimum absolute atomic E-state index is 0.202. The first-order valence-electron chi connectivity index (χ1n) is 6.45. The van der Waals surface area contributed by atoms with E-state index in [2.05, 4.69) is 9.98 Å². The highest BCUT2D eigenvalue weighted by molar-refractivity contribution is 7.90. The molecule has 0 N–H and O–H groups in total. The molecule has 112 valence electrons. The second kappa shape index (κ2) is 5.55. The van der Waals surface area contributed by atoms with Crippen LogP contribution in [0.15, 0.2) is 58.4 Å². The fourth-order valence-electron chi connectivity index (χ4n) is 2.25. The van der Waals surface area contributed by atoms with Gasteiger partial charge in [-0.2, -0.15) is 0 Å². The summed E-state index contributed by atoms with van der Waals surface area (Å²) in [7, 11) is -2.16. The van der Waals surface area contributed by atoms with Crippen LogP contribution >= 0.6 is 11.6 Å². The first-order valence-corrected chi connectivity index (χ1v) is 8.26. The Morgan fingerprint density at radius 1 is 1.18 bits per heavy atom. The van der Waals surface area contributed by atoms with Crippen LogP contribution in [0.25, 0.3) is 11.0 Å². The molecular formula is C15H12ClN3O2S. The molecule has 0 amide bonds. The zero-order valence-corrected chi connectivity index (χ0v) is 13.2. The molecule has 0 saturated heterocycles. The van der Waals surface area contributed by atoms with Crippen LogP contribution in [0, 0.1) is 0 Å². The molecule has 0 bridgehead atoms. The van der Waals surface area contributed by atoms with Crippen molar-refractivity contribution in [2.24, 2.45) is 4.99 Å². The van der Waals surface area contributed by atoms with E-state index in [0.717, 1.165) is 0 Å². The second-order valence-corrected chi connectivity index (χ2v) is 6.75. The lowest BCUT2D eigenvalue weighted by atomic mass is 10.4. The number of benzene rings is 1. The van der Waals surface area contributed by atoms with Gasteiger partial charge in [-0.1, -0.05) is 29.8 Å². The van der Waals surface area contributed by atoms with Crippen LogP contribution in [0.1, 0.15) is 5.69 Å². The van der Waals surface area contributed by atoms with Crippen molar-refractivity contribution >= 4 is 38.9 Å². The van der Waals surface area contributed by atoms with Crippen LogP contribution in [0.4, 0.5) is 0 Å². The lowest BCUT2D eigenvalue weighted by molar-refractivity contribution is 0.589. The first-order chi connectivity index (χ1) is 10.5. The quantitative estimate of drug-likeness (QED) is 0.546. The van der Waals surface area contributed by atoms with Gasteiger partial charge in [0.05, 0.1) is 21.6 Å². The van der Waals surface area contributed by atoms with Crippen LogP contribution in [0.2, 0.25) is 5.15 Å². The summed E-state index contributed by atoms with van der Waals surface area (Å²) in [6.45, 7) is 0. The van der Waals surface area contributed by atoms with E-state index in [-0.39, 0.29) is 4.90 Å². The lowest BCUT2D eigenvalue weighted by Crippen LogP contribution is -2.15. The molecule has 22 heavy (non-hydrogen) atoms. The van der Waals surface area contributed by atoms with Gasteiger partial charge >= 0.3 is 0 Å². The third-order valence-electron chi connectivity index (χ3n) is 3.15. The molecule has 0 radical (unpaired) electrons. The van der Waals surface area contributed by atoms with Crippen molar-refractivity contribution in [3.05, 3.63) is 59.4 Å². The standard InChI is InChI=1S/C15H12ClN3O2S/c1-17-10-11-9-13-14(7-8-15(16)18-13)19(11)22(20,21)12-5-3-2-4-6-12/h2-10H,1H3/b17-10+. The monoisotopic (exact) mass is 333 g/mol. The number of pyridine rings is 1. The van der Waals surface area contributed by atoms with E-state index in [0.29, 0.717) is 21.9 Å². The predicted octanol–water partition coefficient (Wildman–Crippen LogP) is 2.98. The molecule has 5 nitrogen and oxygen atoms in total. The fraction of sp³-hybridized carbons (Fsp3) is 0.0667. The maximum Gasteiger partial charge on any atom is 0.268 e. The fourth-order valence-corrected chi connectivity index (χ4v) is 3.90. The number of aliphatic imine (C=N–C) groups is 1. The van der Waals surface area contributed by atoms with Gasteiger partial charge < -0.3 is 0 Å². The average molecular weight is 334 g/mol. The topological polar surface area (TPSA) is 64.3 Å². The summed E-state index contributed by atoms with van der Waals surface area (Å²) in [5, 5.41) is 0.307. The van der Waals surface area contributed by atoms with Crippen LogP contribution in [-0.4, -0.2) is 30.6 Å². The van der Waals surface area contributed by atoms with Gasteiger partial charge in [0.25, 0.3) is 10.0 Å². The van der Waals surface area contributed by atoms with Crippen LogP contribution < -0.4 is 0 Å². The summed E-state index contributed by atoms with van der Waals surface area (Å²) in [5.74, 6) is 0. The van der Waals surface area contributed by atoms with Crippen LogP contribution in [0.3, 0.4) is 0 Å². The molecule has 0 unspecified atom stereocenters. The van der Waals surface area contributed by atoms with Gasteiger partial charge in [-0.05, 0) is 30.3 Å². The Bertz CT molecular complexity index is 963. The van der Waals surface area contributed by atoms with Gasteiger partial charge in [-0.15, -0.1) is 0 Å². The Morgan fingerprint density at radius 3 is 2.59 bits per heavy atom. The molecule has 3 rings (SSSR count). The largest absolute Gasteiger partial charge is 0.294 e. The Labute approximate surface area is 132 Å². The SMILES string of the molecule is C/N=C/c1cc2nc(Cl)ccc2n1S(=O)(=O)c1ccccc1. The summed E-state index contributed by atoms with van der Waals surface area (Å²) >= 11 is 5.89. The van der Waals surface area contributed by atoms with Crippen molar-refractivity contribution in [1.82, 2.24) is 8.96 Å². The molecule has 2 heterocycles. The van der Waals surface area contributed by atoms with Crippen molar-refractivity contribution in [3.63, 3.8) is 0 Å². The Morgan fingerprint density at radius 2 is 1.91 bits per heavy atom. The first kappa shape index (κ1) is 14.7. The third-order valence-corrected chi connectivity index (χ3v) is 5.12. The third kappa shape index (κ3) is 2.40. The van der Waals surface area contributed by atoms with E-state index >= 15 is 0 Å². The molecule has 3 aromatic rings. The minimum Gasteiger partial charge on any atom is -0.294 e. The van der Waals surface area contributed by atoms with Crippen molar-refractivity contribution in [2.75, 3.05) is 7.05 Å². The van der Waals surface area contributed by atoms with Gasteiger partial charge in [0.15, 0.2) is 0 Å². The number of hydrogen-bond donors (Lipinski definition) is 0. The summed E-state index contributed by atoms with van der Waals surface area (Å²) in [6, 6.07) is 13.1. The normalized spacial score (nSPS) is 12.3. The summed E-state index contributed by atoms with van der Waals surface area (Å²) in [5.41, 5.74) is 1.39. The molecule has 0 spiro atoms.